The molecule has 150 valence electrons. The summed E-state index contributed by atoms with van der Waals surface area (Å²) in [6, 6.07) is 20.4. The van der Waals surface area contributed by atoms with Crippen LogP contribution in [0, 0.1) is 0 Å². The number of imidazole rings is 1. The summed E-state index contributed by atoms with van der Waals surface area (Å²) in [5, 5.41) is 6.84. The van der Waals surface area contributed by atoms with Crippen molar-refractivity contribution in [2.75, 3.05) is 26.3 Å². The predicted octanol–water partition coefficient (Wildman–Crippen LogP) is 4.70. The number of para-hydroxylation sites is 1. The fourth-order valence-electron chi connectivity index (χ4n) is 3.92. The Labute approximate surface area is 177 Å². The molecule has 0 bridgehead atoms. The van der Waals surface area contributed by atoms with Gasteiger partial charge in [-0.15, -0.1) is 0 Å². The first-order valence-electron chi connectivity index (χ1n) is 10.1. The molecule has 1 aliphatic rings. The minimum atomic E-state index is 0.768. The van der Waals surface area contributed by atoms with Gasteiger partial charge in [0, 0.05) is 30.6 Å². The summed E-state index contributed by atoms with van der Waals surface area (Å²) >= 11 is 1.56. The third-order valence-electron chi connectivity index (χ3n) is 5.46. The second-order valence-corrected chi connectivity index (χ2v) is 8.37. The number of aromatic nitrogens is 3. The molecule has 0 amide bonds. The lowest BCUT2D eigenvalue weighted by molar-refractivity contribution is 0.0335. The van der Waals surface area contributed by atoms with Crippen molar-refractivity contribution in [2.24, 2.45) is 0 Å². The van der Waals surface area contributed by atoms with Crippen molar-refractivity contribution in [3.63, 3.8) is 0 Å². The SMILES string of the molecule is c1ccc(-c2nc3sc(-c4cc5ccccc5o4)nn3c2CN2CCOCC2)cc1. The molecule has 0 spiro atoms. The Morgan fingerprint density at radius 2 is 1.77 bits per heavy atom. The predicted molar refractivity (Wildman–Crippen MR) is 118 cm³/mol. The number of furan rings is 1. The Balaban J connectivity index is 1.46. The average Bonchev–Trinajstić information content (AvgIpc) is 3.48. The molecule has 30 heavy (non-hydrogen) atoms. The minimum Gasteiger partial charge on any atom is -0.453 e. The molecule has 6 rings (SSSR count). The Bertz CT molecular complexity index is 1280. The van der Waals surface area contributed by atoms with Gasteiger partial charge >= 0.3 is 0 Å². The van der Waals surface area contributed by atoms with Gasteiger partial charge in [0.25, 0.3) is 0 Å². The number of morpholine rings is 1. The van der Waals surface area contributed by atoms with E-state index in [0.29, 0.717) is 0 Å². The molecule has 0 saturated carbocycles. The van der Waals surface area contributed by atoms with Crippen LogP contribution in [0.4, 0.5) is 0 Å². The average molecular weight is 417 g/mol. The lowest BCUT2D eigenvalue weighted by atomic mass is 10.1. The normalized spacial score (nSPS) is 15.3. The summed E-state index contributed by atoms with van der Waals surface area (Å²) in [6.07, 6.45) is 0. The van der Waals surface area contributed by atoms with Crippen molar-refractivity contribution in [1.29, 1.82) is 0 Å². The molecular formula is C23H20N4O2S. The van der Waals surface area contributed by atoms with Crippen LogP contribution in [0.2, 0.25) is 0 Å². The Hall–Kier alpha value is -3.00. The highest BCUT2D eigenvalue weighted by molar-refractivity contribution is 7.19. The van der Waals surface area contributed by atoms with E-state index in [1.807, 2.05) is 34.8 Å². The van der Waals surface area contributed by atoms with Crippen molar-refractivity contribution in [3.05, 3.63) is 66.4 Å². The molecule has 6 nitrogen and oxygen atoms in total. The maximum Gasteiger partial charge on any atom is 0.213 e. The van der Waals surface area contributed by atoms with E-state index < -0.39 is 0 Å². The zero-order valence-corrected chi connectivity index (χ0v) is 17.1. The second kappa shape index (κ2) is 7.36. The van der Waals surface area contributed by atoms with E-state index in [9.17, 15) is 0 Å². The fraction of sp³-hybridized carbons (Fsp3) is 0.217. The molecule has 1 saturated heterocycles. The number of hydrogen-bond acceptors (Lipinski definition) is 6. The molecule has 4 heterocycles. The van der Waals surface area contributed by atoms with Gasteiger partial charge in [-0.2, -0.15) is 5.10 Å². The van der Waals surface area contributed by atoms with E-state index in [4.69, 9.17) is 19.2 Å². The van der Waals surface area contributed by atoms with Gasteiger partial charge in [-0.25, -0.2) is 9.50 Å². The maximum absolute atomic E-state index is 6.04. The summed E-state index contributed by atoms with van der Waals surface area (Å²) in [7, 11) is 0. The van der Waals surface area contributed by atoms with Crippen LogP contribution >= 0.6 is 11.3 Å². The molecular weight excluding hydrogens is 396 g/mol. The van der Waals surface area contributed by atoms with Crippen molar-refractivity contribution in [3.8, 4) is 22.0 Å². The molecule has 0 atom stereocenters. The van der Waals surface area contributed by atoms with E-state index in [1.165, 1.54) is 0 Å². The van der Waals surface area contributed by atoms with Gasteiger partial charge in [0.05, 0.1) is 24.6 Å². The van der Waals surface area contributed by atoms with Crippen molar-refractivity contribution >= 4 is 27.3 Å². The smallest absolute Gasteiger partial charge is 0.213 e. The summed E-state index contributed by atoms with van der Waals surface area (Å²) in [6.45, 7) is 4.16. The molecule has 0 unspecified atom stereocenters. The van der Waals surface area contributed by atoms with Gasteiger partial charge in [0.15, 0.2) is 10.8 Å². The molecule has 0 aliphatic carbocycles. The molecule has 0 radical (unpaired) electrons. The van der Waals surface area contributed by atoms with Crippen LogP contribution in [0.25, 0.3) is 38.0 Å². The van der Waals surface area contributed by atoms with Crippen LogP contribution in [-0.4, -0.2) is 45.8 Å². The monoisotopic (exact) mass is 416 g/mol. The Morgan fingerprint density at radius 1 is 0.967 bits per heavy atom. The van der Waals surface area contributed by atoms with Crippen molar-refractivity contribution in [1.82, 2.24) is 19.5 Å². The lowest BCUT2D eigenvalue weighted by Gasteiger charge is -2.26. The van der Waals surface area contributed by atoms with E-state index >= 15 is 0 Å². The Morgan fingerprint density at radius 3 is 2.60 bits per heavy atom. The molecule has 3 aromatic heterocycles. The van der Waals surface area contributed by atoms with Crippen LogP contribution in [-0.2, 0) is 11.3 Å². The highest BCUT2D eigenvalue weighted by atomic mass is 32.1. The molecule has 1 aliphatic heterocycles. The quantitative estimate of drug-likeness (QED) is 0.425. The minimum absolute atomic E-state index is 0.768. The highest BCUT2D eigenvalue weighted by Gasteiger charge is 2.22. The van der Waals surface area contributed by atoms with Crippen molar-refractivity contribution in [2.45, 2.75) is 6.54 Å². The summed E-state index contributed by atoms with van der Waals surface area (Å²) in [5.74, 6) is 0.783. The maximum atomic E-state index is 6.04. The van der Waals surface area contributed by atoms with Crippen LogP contribution < -0.4 is 0 Å². The van der Waals surface area contributed by atoms with E-state index in [1.54, 1.807) is 11.3 Å². The zero-order valence-electron chi connectivity index (χ0n) is 16.3. The standard InChI is InChI=1S/C23H20N4O2S/c1-2-6-16(7-3-1)21-18(15-26-10-12-28-13-11-26)27-23(24-21)30-22(25-27)20-14-17-8-4-5-9-19(17)29-20/h1-9,14H,10-13,15H2. The van der Waals surface area contributed by atoms with E-state index in [0.717, 1.165) is 76.5 Å². The molecule has 1 fully saturated rings. The van der Waals surface area contributed by atoms with Gasteiger partial charge in [0.1, 0.15) is 5.58 Å². The molecule has 7 heteroatoms. The van der Waals surface area contributed by atoms with Crippen molar-refractivity contribution < 1.29 is 9.15 Å². The summed E-state index contributed by atoms with van der Waals surface area (Å²) in [5.41, 5.74) is 4.09. The first-order chi connectivity index (χ1) is 14.8. The van der Waals surface area contributed by atoms with Gasteiger partial charge in [-0.1, -0.05) is 59.9 Å². The highest BCUT2D eigenvalue weighted by Crippen LogP contribution is 2.34. The van der Waals surface area contributed by atoms with Gasteiger partial charge < -0.3 is 9.15 Å². The topological polar surface area (TPSA) is 55.8 Å². The third kappa shape index (κ3) is 3.11. The van der Waals surface area contributed by atoms with Crippen LogP contribution in [0.3, 0.4) is 0 Å². The first-order valence-corrected chi connectivity index (χ1v) is 10.9. The largest absolute Gasteiger partial charge is 0.453 e. The molecule has 0 N–H and O–H groups in total. The number of fused-ring (bicyclic) bond motifs is 2. The van der Waals surface area contributed by atoms with Gasteiger partial charge in [-0.3, -0.25) is 4.90 Å². The first kappa shape index (κ1) is 17.8. The van der Waals surface area contributed by atoms with Crippen LogP contribution in [0.15, 0.2) is 65.1 Å². The number of hydrogen-bond donors (Lipinski definition) is 0. The molecule has 5 aromatic rings. The van der Waals surface area contributed by atoms with Gasteiger partial charge in [0.2, 0.25) is 4.96 Å². The molecule has 2 aromatic carbocycles. The summed E-state index contributed by atoms with van der Waals surface area (Å²) in [4.78, 5) is 8.25. The fourth-order valence-corrected chi connectivity index (χ4v) is 4.79. The third-order valence-corrected chi connectivity index (χ3v) is 6.38. The summed E-state index contributed by atoms with van der Waals surface area (Å²) < 4.78 is 13.6. The number of ether oxygens (including phenoxy) is 1. The lowest BCUT2D eigenvalue weighted by Crippen LogP contribution is -2.36. The number of rotatable bonds is 4. The number of benzene rings is 2. The van der Waals surface area contributed by atoms with Crippen LogP contribution in [0.1, 0.15) is 5.69 Å². The second-order valence-electron chi connectivity index (χ2n) is 7.41. The number of nitrogens with zero attached hydrogens (tertiary/aromatic N) is 4. The zero-order chi connectivity index (χ0) is 19.9. The van der Waals surface area contributed by atoms with E-state index in [-0.39, 0.29) is 0 Å². The Kier molecular flexibility index (Phi) is 4.37. The van der Waals surface area contributed by atoms with E-state index in [2.05, 4.69) is 35.2 Å². The van der Waals surface area contributed by atoms with Crippen LogP contribution in [0.5, 0.6) is 0 Å². The van der Waals surface area contributed by atoms with Gasteiger partial charge in [-0.05, 0) is 12.1 Å².